The topological polar surface area (TPSA) is 24.9 Å². The molecule has 0 spiro atoms. The summed E-state index contributed by atoms with van der Waals surface area (Å²) in [7, 11) is 0. The van der Waals surface area contributed by atoms with E-state index in [4.69, 9.17) is 4.98 Å². The van der Waals surface area contributed by atoms with Gasteiger partial charge in [0, 0.05) is 20.3 Å². The molecule has 1 aliphatic carbocycles. The van der Waals surface area contributed by atoms with Crippen molar-refractivity contribution in [1.82, 2.24) is 10.3 Å². The standard InChI is InChI=1S/C15H19BrN2S2/c1-9(2)17-13(14-10(16)7-8-19-14)15-18-11-5-3-4-6-12(11)20-15/h7-9,13,17H,3-6H2,1-2H3. The molecule has 20 heavy (non-hydrogen) atoms. The van der Waals surface area contributed by atoms with Crippen LogP contribution in [-0.2, 0) is 12.8 Å². The number of aromatic nitrogens is 1. The van der Waals surface area contributed by atoms with E-state index >= 15 is 0 Å². The monoisotopic (exact) mass is 370 g/mol. The SMILES string of the molecule is CC(C)NC(c1nc2c(s1)CCCC2)c1sccc1Br. The molecule has 0 saturated heterocycles. The average Bonchev–Trinajstić information content (AvgIpc) is 3.01. The molecule has 0 amide bonds. The number of thiophene rings is 1. The third kappa shape index (κ3) is 3.01. The number of aryl methyl sites for hydroxylation is 2. The molecule has 0 saturated carbocycles. The second-order valence-corrected chi connectivity index (χ2v) is 8.43. The normalized spacial score (nSPS) is 16.4. The number of thiazole rings is 1. The number of hydrogen-bond acceptors (Lipinski definition) is 4. The number of hydrogen-bond donors (Lipinski definition) is 1. The number of nitrogens with one attached hydrogen (secondary N) is 1. The third-order valence-corrected chi connectivity index (χ3v) is 6.67. The van der Waals surface area contributed by atoms with Crippen molar-refractivity contribution >= 4 is 38.6 Å². The Labute approximate surface area is 136 Å². The van der Waals surface area contributed by atoms with Gasteiger partial charge in [-0.15, -0.1) is 22.7 Å². The number of halogens is 1. The van der Waals surface area contributed by atoms with Gasteiger partial charge in [0.25, 0.3) is 0 Å². The zero-order chi connectivity index (χ0) is 14.1. The van der Waals surface area contributed by atoms with Gasteiger partial charge in [-0.05, 0) is 66.9 Å². The van der Waals surface area contributed by atoms with Crippen molar-refractivity contribution < 1.29 is 0 Å². The fourth-order valence-corrected chi connectivity index (χ4v) is 5.56. The molecule has 2 heterocycles. The van der Waals surface area contributed by atoms with Gasteiger partial charge in [0.2, 0.25) is 0 Å². The highest BCUT2D eigenvalue weighted by molar-refractivity contribution is 9.10. The highest BCUT2D eigenvalue weighted by Gasteiger charge is 2.25. The van der Waals surface area contributed by atoms with Gasteiger partial charge in [0.05, 0.1) is 11.7 Å². The van der Waals surface area contributed by atoms with Crippen LogP contribution in [-0.4, -0.2) is 11.0 Å². The highest BCUT2D eigenvalue weighted by Crippen LogP contribution is 2.37. The van der Waals surface area contributed by atoms with E-state index in [1.165, 1.54) is 44.2 Å². The number of rotatable bonds is 4. The maximum Gasteiger partial charge on any atom is 0.116 e. The van der Waals surface area contributed by atoms with Crippen LogP contribution < -0.4 is 5.32 Å². The third-order valence-electron chi connectivity index (χ3n) is 3.52. The second-order valence-electron chi connectivity index (χ2n) is 5.52. The largest absolute Gasteiger partial charge is 0.301 e. The Morgan fingerprint density at radius 1 is 1.30 bits per heavy atom. The lowest BCUT2D eigenvalue weighted by Gasteiger charge is -2.18. The molecule has 108 valence electrons. The van der Waals surface area contributed by atoms with Gasteiger partial charge in [-0.3, -0.25) is 0 Å². The van der Waals surface area contributed by atoms with Crippen LogP contribution in [0.1, 0.15) is 53.2 Å². The van der Waals surface area contributed by atoms with Gasteiger partial charge in [0.1, 0.15) is 5.01 Å². The van der Waals surface area contributed by atoms with Crippen molar-refractivity contribution in [3.8, 4) is 0 Å². The Hall–Kier alpha value is -0.230. The Balaban J connectivity index is 1.96. The number of nitrogens with zero attached hydrogens (tertiary/aromatic N) is 1. The molecule has 2 aromatic heterocycles. The first kappa shape index (κ1) is 14.7. The Morgan fingerprint density at radius 3 is 2.75 bits per heavy atom. The molecule has 2 nitrogen and oxygen atoms in total. The van der Waals surface area contributed by atoms with E-state index in [-0.39, 0.29) is 6.04 Å². The molecule has 1 N–H and O–H groups in total. The molecule has 0 fully saturated rings. The van der Waals surface area contributed by atoms with Crippen LogP contribution in [0.3, 0.4) is 0 Å². The van der Waals surface area contributed by atoms with Gasteiger partial charge in [0.15, 0.2) is 0 Å². The van der Waals surface area contributed by atoms with Crippen LogP contribution in [0.4, 0.5) is 0 Å². The Kier molecular flexibility index (Phi) is 4.60. The van der Waals surface area contributed by atoms with Crippen LogP contribution in [0.15, 0.2) is 15.9 Å². The maximum atomic E-state index is 4.94. The van der Waals surface area contributed by atoms with Gasteiger partial charge < -0.3 is 5.32 Å². The van der Waals surface area contributed by atoms with Crippen LogP contribution in [0, 0.1) is 0 Å². The van der Waals surface area contributed by atoms with Crippen molar-refractivity contribution in [2.75, 3.05) is 0 Å². The molecule has 0 bridgehead atoms. The Bertz CT molecular complexity index is 565. The van der Waals surface area contributed by atoms with Crippen LogP contribution in [0.2, 0.25) is 0 Å². The zero-order valence-corrected chi connectivity index (χ0v) is 15.0. The lowest BCUT2D eigenvalue weighted by Crippen LogP contribution is -2.28. The molecule has 5 heteroatoms. The minimum absolute atomic E-state index is 0.222. The fraction of sp³-hybridized carbons (Fsp3) is 0.533. The molecule has 1 unspecified atom stereocenters. The summed E-state index contributed by atoms with van der Waals surface area (Å²) in [5.41, 5.74) is 1.35. The molecule has 3 rings (SSSR count). The van der Waals surface area contributed by atoms with Crippen molar-refractivity contribution in [3.63, 3.8) is 0 Å². The second kappa shape index (κ2) is 6.26. The van der Waals surface area contributed by atoms with E-state index in [9.17, 15) is 0 Å². The smallest absolute Gasteiger partial charge is 0.116 e. The molecule has 2 aromatic rings. The molecule has 0 radical (unpaired) electrons. The van der Waals surface area contributed by atoms with E-state index in [0.29, 0.717) is 6.04 Å². The summed E-state index contributed by atoms with van der Waals surface area (Å²) in [5.74, 6) is 0. The molecular weight excluding hydrogens is 352 g/mol. The summed E-state index contributed by atoms with van der Waals surface area (Å²) in [5, 5.41) is 7.05. The van der Waals surface area contributed by atoms with Gasteiger partial charge in [-0.25, -0.2) is 4.98 Å². The van der Waals surface area contributed by atoms with Crippen molar-refractivity contribution in [1.29, 1.82) is 0 Å². The molecule has 0 aliphatic heterocycles. The van der Waals surface area contributed by atoms with Crippen molar-refractivity contribution in [2.45, 2.75) is 51.6 Å². The lowest BCUT2D eigenvalue weighted by atomic mass is 10.0. The van der Waals surface area contributed by atoms with Crippen molar-refractivity contribution in [2.24, 2.45) is 0 Å². The summed E-state index contributed by atoms with van der Waals surface area (Å²) in [6.07, 6.45) is 4.99. The van der Waals surface area contributed by atoms with Crippen LogP contribution >= 0.6 is 38.6 Å². The highest BCUT2D eigenvalue weighted by atomic mass is 79.9. The molecule has 1 aliphatic rings. The van der Waals surface area contributed by atoms with Gasteiger partial charge >= 0.3 is 0 Å². The first-order chi connectivity index (χ1) is 9.65. The van der Waals surface area contributed by atoms with E-state index < -0.39 is 0 Å². The summed E-state index contributed by atoms with van der Waals surface area (Å²) < 4.78 is 1.19. The predicted molar refractivity (Wildman–Crippen MR) is 90.9 cm³/mol. The minimum atomic E-state index is 0.222. The average molecular weight is 371 g/mol. The molecular formula is C15H19BrN2S2. The summed E-state index contributed by atoms with van der Waals surface area (Å²) in [6.45, 7) is 4.39. The van der Waals surface area contributed by atoms with Crippen LogP contribution in [0.25, 0.3) is 0 Å². The Morgan fingerprint density at radius 2 is 2.10 bits per heavy atom. The maximum absolute atomic E-state index is 4.94. The van der Waals surface area contributed by atoms with Crippen molar-refractivity contribution in [3.05, 3.63) is 36.4 Å². The van der Waals surface area contributed by atoms with E-state index in [0.717, 1.165) is 6.42 Å². The van der Waals surface area contributed by atoms with Crippen LogP contribution in [0.5, 0.6) is 0 Å². The van der Waals surface area contributed by atoms with Gasteiger partial charge in [-0.2, -0.15) is 0 Å². The molecule has 1 atom stereocenters. The molecule has 0 aromatic carbocycles. The lowest BCUT2D eigenvalue weighted by molar-refractivity contribution is 0.530. The summed E-state index contributed by atoms with van der Waals surface area (Å²) in [4.78, 5) is 7.79. The first-order valence-electron chi connectivity index (χ1n) is 7.12. The fourth-order valence-electron chi connectivity index (χ4n) is 2.60. The summed E-state index contributed by atoms with van der Waals surface area (Å²) >= 11 is 7.38. The quantitative estimate of drug-likeness (QED) is 0.824. The first-order valence-corrected chi connectivity index (χ1v) is 9.61. The van der Waals surface area contributed by atoms with Gasteiger partial charge in [-0.1, -0.05) is 0 Å². The number of fused-ring (bicyclic) bond motifs is 1. The summed E-state index contributed by atoms with van der Waals surface area (Å²) in [6, 6.07) is 2.79. The van der Waals surface area contributed by atoms with E-state index in [2.05, 4.69) is 46.5 Å². The zero-order valence-electron chi connectivity index (χ0n) is 11.8. The van der Waals surface area contributed by atoms with E-state index in [1.807, 2.05) is 11.3 Å². The van der Waals surface area contributed by atoms with E-state index in [1.54, 1.807) is 11.3 Å². The minimum Gasteiger partial charge on any atom is -0.301 e. The predicted octanol–water partition coefficient (Wildman–Crippen LogP) is 4.93.